The van der Waals surface area contributed by atoms with E-state index in [0.29, 0.717) is 18.1 Å². The standard InChI is InChI=1S/C21H28N6O/c22-17-14-18(25-20(23)24-17)26-12-9-21(10-13-26)8-6-19(28)27(15-21)11-7-16-4-2-1-3-5-16/h1-5,14H,6-13,15H2,(H4,22,23,24,25). The van der Waals surface area contributed by atoms with Gasteiger partial charge in [-0.2, -0.15) is 9.97 Å². The third-order valence-corrected chi connectivity index (χ3v) is 6.16. The van der Waals surface area contributed by atoms with Crippen LogP contribution in [0.2, 0.25) is 0 Å². The van der Waals surface area contributed by atoms with E-state index in [9.17, 15) is 4.79 Å². The molecular weight excluding hydrogens is 352 g/mol. The highest BCUT2D eigenvalue weighted by atomic mass is 16.2. The van der Waals surface area contributed by atoms with Crippen molar-refractivity contribution in [1.82, 2.24) is 14.9 Å². The lowest BCUT2D eigenvalue weighted by Gasteiger charge is -2.47. The summed E-state index contributed by atoms with van der Waals surface area (Å²) < 4.78 is 0. The van der Waals surface area contributed by atoms with Crippen molar-refractivity contribution in [2.24, 2.45) is 5.41 Å². The van der Waals surface area contributed by atoms with Crippen molar-refractivity contribution in [2.45, 2.75) is 32.1 Å². The van der Waals surface area contributed by atoms with Gasteiger partial charge in [0.15, 0.2) is 0 Å². The van der Waals surface area contributed by atoms with Crippen LogP contribution in [0.4, 0.5) is 17.6 Å². The van der Waals surface area contributed by atoms with Crippen molar-refractivity contribution in [3.8, 4) is 0 Å². The minimum Gasteiger partial charge on any atom is -0.383 e. The average molecular weight is 380 g/mol. The van der Waals surface area contributed by atoms with Gasteiger partial charge in [-0.3, -0.25) is 4.79 Å². The van der Waals surface area contributed by atoms with Crippen LogP contribution in [0.1, 0.15) is 31.2 Å². The Hall–Kier alpha value is -2.83. The number of hydrogen-bond donors (Lipinski definition) is 2. The summed E-state index contributed by atoms with van der Waals surface area (Å²) in [4.78, 5) is 25.1. The van der Waals surface area contributed by atoms with Gasteiger partial charge in [0.05, 0.1) is 0 Å². The van der Waals surface area contributed by atoms with Crippen LogP contribution in [0.25, 0.3) is 0 Å². The van der Waals surface area contributed by atoms with Crippen LogP contribution < -0.4 is 16.4 Å². The van der Waals surface area contributed by atoms with E-state index < -0.39 is 0 Å². The molecule has 4 rings (SSSR count). The molecule has 7 heteroatoms. The highest BCUT2D eigenvalue weighted by Crippen LogP contribution is 2.41. The molecule has 3 heterocycles. The molecule has 2 fully saturated rings. The van der Waals surface area contributed by atoms with Crippen molar-refractivity contribution in [2.75, 3.05) is 42.5 Å². The van der Waals surface area contributed by atoms with Gasteiger partial charge >= 0.3 is 0 Å². The molecule has 0 radical (unpaired) electrons. The summed E-state index contributed by atoms with van der Waals surface area (Å²) in [6.07, 6.45) is 4.64. The number of amides is 1. The SMILES string of the molecule is Nc1cc(N2CCC3(CCC(=O)N(CCc4ccccc4)C3)CC2)nc(N)n1. The molecule has 0 atom stereocenters. The molecule has 2 aliphatic rings. The minimum absolute atomic E-state index is 0.214. The molecule has 4 N–H and O–H groups in total. The minimum atomic E-state index is 0.214. The summed E-state index contributed by atoms with van der Waals surface area (Å²) in [6, 6.07) is 12.2. The summed E-state index contributed by atoms with van der Waals surface area (Å²) in [6.45, 7) is 3.46. The first-order valence-corrected chi connectivity index (χ1v) is 10.00. The van der Waals surface area contributed by atoms with Gasteiger partial charge in [-0.1, -0.05) is 30.3 Å². The lowest BCUT2D eigenvalue weighted by atomic mass is 9.72. The quantitative estimate of drug-likeness (QED) is 0.842. The molecule has 2 saturated heterocycles. The average Bonchev–Trinajstić information content (AvgIpc) is 2.69. The Morgan fingerprint density at radius 1 is 1.04 bits per heavy atom. The van der Waals surface area contributed by atoms with Gasteiger partial charge in [0.2, 0.25) is 11.9 Å². The number of carbonyl (C=O) groups excluding carboxylic acids is 1. The van der Waals surface area contributed by atoms with E-state index in [0.717, 1.165) is 57.7 Å². The fourth-order valence-electron chi connectivity index (χ4n) is 4.47. The summed E-state index contributed by atoms with van der Waals surface area (Å²) in [5.41, 5.74) is 13.1. The maximum Gasteiger partial charge on any atom is 0.223 e. The first kappa shape index (κ1) is 18.5. The number of carbonyl (C=O) groups is 1. The number of rotatable bonds is 4. The van der Waals surface area contributed by atoms with Crippen LogP contribution in [0, 0.1) is 5.41 Å². The van der Waals surface area contributed by atoms with Crippen molar-refractivity contribution in [3.05, 3.63) is 42.0 Å². The molecule has 148 valence electrons. The van der Waals surface area contributed by atoms with Crippen molar-refractivity contribution < 1.29 is 4.79 Å². The largest absolute Gasteiger partial charge is 0.383 e. The van der Waals surface area contributed by atoms with Crippen molar-refractivity contribution in [1.29, 1.82) is 0 Å². The van der Waals surface area contributed by atoms with Crippen molar-refractivity contribution >= 4 is 23.5 Å². The summed E-state index contributed by atoms with van der Waals surface area (Å²) >= 11 is 0. The zero-order valence-corrected chi connectivity index (χ0v) is 16.2. The second-order valence-corrected chi connectivity index (χ2v) is 8.05. The van der Waals surface area contributed by atoms with Crippen LogP contribution in [0.15, 0.2) is 36.4 Å². The summed E-state index contributed by atoms with van der Waals surface area (Å²) in [5, 5.41) is 0. The molecule has 1 amide bonds. The lowest BCUT2D eigenvalue weighted by molar-refractivity contribution is -0.138. The third-order valence-electron chi connectivity index (χ3n) is 6.16. The molecule has 0 aliphatic carbocycles. The second kappa shape index (κ2) is 7.66. The van der Waals surface area contributed by atoms with Gasteiger partial charge in [0.25, 0.3) is 0 Å². The van der Waals surface area contributed by atoms with Gasteiger partial charge < -0.3 is 21.3 Å². The Bertz CT molecular complexity index is 812. The molecule has 1 aromatic heterocycles. The van der Waals surface area contributed by atoms with Gasteiger partial charge in [-0.25, -0.2) is 0 Å². The monoisotopic (exact) mass is 380 g/mol. The molecule has 1 spiro atoms. The topological polar surface area (TPSA) is 101 Å². The van der Waals surface area contributed by atoms with E-state index in [1.807, 2.05) is 6.07 Å². The fourth-order valence-corrected chi connectivity index (χ4v) is 4.47. The van der Waals surface area contributed by atoms with E-state index in [2.05, 4.69) is 44.0 Å². The number of anilines is 3. The Kier molecular flexibility index (Phi) is 5.07. The van der Waals surface area contributed by atoms with Crippen molar-refractivity contribution in [3.63, 3.8) is 0 Å². The van der Waals surface area contributed by atoms with Gasteiger partial charge in [-0.15, -0.1) is 0 Å². The molecule has 2 aromatic rings. The predicted molar refractivity (Wildman–Crippen MR) is 111 cm³/mol. The molecule has 1 aromatic carbocycles. The lowest BCUT2D eigenvalue weighted by Crippen LogP contribution is -2.52. The molecular formula is C21H28N6O. The third kappa shape index (κ3) is 4.03. The maximum atomic E-state index is 12.5. The van der Waals surface area contributed by atoms with Gasteiger partial charge in [-0.05, 0) is 36.7 Å². The smallest absolute Gasteiger partial charge is 0.223 e. The second-order valence-electron chi connectivity index (χ2n) is 8.05. The van der Waals surface area contributed by atoms with Gasteiger partial charge in [0.1, 0.15) is 11.6 Å². The summed E-state index contributed by atoms with van der Waals surface area (Å²) in [5.74, 6) is 1.71. The summed E-state index contributed by atoms with van der Waals surface area (Å²) in [7, 11) is 0. The first-order valence-electron chi connectivity index (χ1n) is 10.00. The zero-order valence-electron chi connectivity index (χ0n) is 16.2. The molecule has 0 unspecified atom stereocenters. The number of piperidine rings is 2. The highest BCUT2D eigenvalue weighted by Gasteiger charge is 2.41. The van der Waals surface area contributed by atoms with Crippen LogP contribution >= 0.6 is 0 Å². The number of benzene rings is 1. The number of nitrogens with zero attached hydrogens (tertiary/aromatic N) is 4. The van der Waals surface area contributed by atoms with E-state index in [1.54, 1.807) is 6.07 Å². The normalized spacial score (nSPS) is 19.2. The molecule has 0 bridgehead atoms. The Balaban J connectivity index is 1.38. The van der Waals surface area contributed by atoms with Crippen LogP contribution in [0.5, 0.6) is 0 Å². The van der Waals surface area contributed by atoms with Crippen LogP contribution in [-0.2, 0) is 11.2 Å². The number of nitrogens with two attached hydrogens (primary N) is 2. The fraction of sp³-hybridized carbons (Fsp3) is 0.476. The first-order chi connectivity index (χ1) is 13.5. The van der Waals surface area contributed by atoms with E-state index in [4.69, 9.17) is 11.5 Å². The maximum absolute atomic E-state index is 12.5. The van der Waals surface area contributed by atoms with E-state index in [1.165, 1.54) is 5.56 Å². The Morgan fingerprint density at radius 3 is 2.50 bits per heavy atom. The number of nitrogen functional groups attached to an aromatic ring is 2. The Morgan fingerprint density at radius 2 is 1.79 bits per heavy atom. The highest BCUT2D eigenvalue weighted by molar-refractivity contribution is 5.77. The molecule has 7 nitrogen and oxygen atoms in total. The molecule has 28 heavy (non-hydrogen) atoms. The predicted octanol–water partition coefficient (Wildman–Crippen LogP) is 2.09. The Labute approximate surface area is 165 Å². The number of aromatic nitrogens is 2. The molecule has 0 saturated carbocycles. The van der Waals surface area contributed by atoms with E-state index >= 15 is 0 Å². The molecule has 2 aliphatic heterocycles. The van der Waals surface area contributed by atoms with Crippen LogP contribution in [0.3, 0.4) is 0 Å². The van der Waals surface area contributed by atoms with Gasteiger partial charge in [0, 0.05) is 38.7 Å². The number of hydrogen-bond acceptors (Lipinski definition) is 6. The zero-order chi connectivity index (χ0) is 19.6. The van der Waals surface area contributed by atoms with E-state index in [-0.39, 0.29) is 11.4 Å². The van der Waals surface area contributed by atoms with Crippen LogP contribution in [-0.4, -0.2) is 47.0 Å². The number of likely N-dealkylation sites (tertiary alicyclic amines) is 1.